The monoisotopic (exact) mass is 414 g/mol. The maximum Gasteiger partial charge on any atom is 0.255 e. The second-order valence-electron chi connectivity index (χ2n) is 6.48. The number of hydrogen-bond donors (Lipinski definition) is 2. The molecule has 7 heteroatoms. The molecule has 0 bridgehead atoms. The van der Waals surface area contributed by atoms with E-state index in [-0.39, 0.29) is 18.2 Å². The zero-order chi connectivity index (χ0) is 20.8. The largest absolute Gasteiger partial charge is 0.324 e. The molecule has 0 fully saturated rings. The molecule has 0 aliphatic rings. The van der Waals surface area contributed by atoms with Crippen LogP contribution in [0.5, 0.6) is 0 Å². The van der Waals surface area contributed by atoms with Gasteiger partial charge in [-0.2, -0.15) is 0 Å². The van der Waals surface area contributed by atoms with Gasteiger partial charge in [0.2, 0.25) is 5.91 Å². The third-order valence-corrected chi connectivity index (χ3v) is 5.23. The van der Waals surface area contributed by atoms with Crippen LogP contribution in [0.4, 0.5) is 11.4 Å². The Morgan fingerprint density at radius 1 is 0.867 bits per heavy atom. The maximum absolute atomic E-state index is 12.6. The first-order valence-corrected chi connectivity index (χ1v) is 10.2. The summed E-state index contributed by atoms with van der Waals surface area (Å²) in [6.45, 7) is 0. The SMILES string of the molecule is O=C(Cc1csc(-c2cccnc2)n1)Nc1ccccc1NC(=O)c1ccccc1. The van der Waals surface area contributed by atoms with Crippen molar-refractivity contribution >= 4 is 34.5 Å². The number of amides is 2. The molecule has 0 radical (unpaired) electrons. The van der Waals surface area contributed by atoms with Gasteiger partial charge in [-0.15, -0.1) is 11.3 Å². The van der Waals surface area contributed by atoms with Crippen LogP contribution in [0.3, 0.4) is 0 Å². The fourth-order valence-electron chi connectivity index (χ4n) is 2.85. The molecule has 148 valence electrons. The van der Waals surface area contributed by atoms with Crippen molar-refractivity contribution < 1.29 is 9.59 Å². The van der Waals surface area contributed by atoms with E-state index in [4.69, 9.17) is 0 Å². The molecule has 6 nitrogen and oxygen atoms in total. The first-order valence-electron chi connectivity index (χ1n) is 9.29. The Bertz CT molecular complexity index is 1160. The van der Waals surface area contributed by atoms with Crippen molar-refractivity contribution in [2.24, 2.45) is 0 Å². The van der Waals surface area contributed by atoms with Gasteiger partial charge in [-0.25, -0.2) is 4.98 Å². The molecular formula is C23H18N4O2S. The van der Waals surface area contributed by atoms with Crippen LogP contribution in [0.1, 0.15) is 16.1 Å². The Balaban J connectivity index is 1.43. The third-order valence-electron chi connectivity index (χ3n) is 4.29. The lowest BCUT2D eigenvalue weighted by molar-refractivity contribution is -0.115. The Kier molecular flexibility index (Phi) is 5.91. The molecule has 0 saturated carbocycles. The van der Waals surface area contributed by atoms with E-state index in [9.17, 15) is 9.59 Å². The minimum Gasteiger partial charge on any atom is -0.324 e. The van der Waals surface area contributed by atoms with Gasteiger partial charge in [-0.05, 0) is 36.4 Å². The summed E-state index contributed by atoms with van der Waals surface area (Å²) in [5, 5.41) is 8.40. The molecule has 2 N–H and O–H groups in total. The molecule has 2 heterocycles. The van der Waals surface area contributed by atoms with Crippen molar-refractivity contribution in [3.63, 3.8) is 0 Å². The Morgan fingerprint density at radius 2 is 1.60 bits per heavy atom. The van der Waals surface area contributed by atoms with Crippen LogP contribution in [-0.4, -0.2) is 21.8 Å². The molecule has 2 amide bonds. The van der Waals surface area contributed by atoms with Gasteiger partial charge in [-0.3, -0.25) is 14.6 Å². The van der Waals surface area contributed by atoms with E-state index in [0.717, 1.165) is 10.6 Å². The van der Waals surface area contributed by atoms with Crippen LogP contribution < -0.4 is 10.6 Å². The highest BCUT2D eigenvalue weighted by molar-refractivity contribution is 7.13. The average molecular weight is 414 g/mol. The Hall–Kier alpha value is -3.84. The van der Waals surface area contributed by atoms with Gasteiger partial charge in [0.05, 0.1) is 23.5 Å². The van der Waals surface area contributed by atoms with E-state index < -0.39 is 0 Å². The molecule has 0 atom stereocenters. The number of thiazole rings is 1. The third kappa shape index (κ3) is 4.76. The zero-order valence-corrected chi connectivity index (χ0v) is 16.7. The number of nitrogens with one attached hydrogen (secondary N) is 2. The summed E-state index contributed by atoms with van der Waals surface area (Å²) in [6.07, 6.45) is 3.59. The number of rotatable bonds is 6. The molecule has 4 aromatic rings. The minimum atomic E-state index is -0.238. The van der Waals surface area contributed by atoms with E-state index in [1.165, 1.54) is 11.3 Å². The summed E-state index contributed by atoms with van der Waals surface area (Å²) in [5.74, 6) is -0.447. The van der Waals surface area contributed by atoms with Crippen molar-refractivity contribution in [2.75, 3.05) is 10.6 Å². The summed E-state index contributed by atoms with van der Waals surface area (Å²) < 4.78 is 0. The topological polar surface area (TPSA) is 84.0 Å². The standard InChI is InChI=1S/C23H18N4O2S/c28-21(13-18-15-30-23(25-18)17-9-6-12-24-14-17)26-19-10-4-5-11-20(19)27-22(29)16-7-2-1-3-8-16/h1-12,14-15H,13H2,(H,26,28)(H,27,29). The molecule has 2 aromatic heterocycles. The fraction of sp³-hybridized carbons (Fsp3) is 0.0435. The normalized spacial score (nSPS) is 10.4. The van der Waals surface area contributed by atoms with Gasteiger partial charge < -0.3 is 10.6 Å². The van der Waals surface area contributed by atoms with Crippen molar-refractivity contribution in [1.82, 2.24) is 9.97 Å². The van der Waals surface area contributed by atoms with E-state index in [0.29, 0.717) is 22.6 Å². The zero-order valence-electron chi connectivity index (χ0n) is 15.9. The second-order valence-corrected chi connectivity index (χ2v) is 7.33. The number of aromatic nitrogens is 2. The number of carbonyl (C=O) groups excluding carboxylic acids is 2. The molecular weight excluding hydrogens is 396 g/mol. The highest BCUT2D eigenvalue weighted by Crippen LogP contribution is 2.24. The summed E-state index contributed by atoms with van der Waals surface area (Å²) in [4.78, 5) is 33.6. The highest BCUT2D eigenvalue weighted by atomic mass is 32.1. The second kappa shape index (κ2) is 9.11. The predicted octanol–water partition coefficient (Wildman–Crippen LogP) is 4.64. The van der Waals surface area contributed by atoms with Crippen molar-refractivity contribution in [1.29, 1.82) is 0 Å². The van der Waals surface area contributed by atoms with Gasteiger partial charge in [0.15, 0.2) is 0 Å². The van der Waals surface area contributed by atoms with E-state index in [1.54, 1.807) is 60.9 Å². The highest BCUT2D eigenvalue weighted by Gasteiger charge is 2.13. The van der Waals surface area contributed by atoms with Gasteiger partial charge in [0.25, 0.3) is 5.91 Å². The minimum absolute atomic E-state index is 0.137. The van der Waals surface area contributed by atoms with Crippen molar-refractivity contribution in [3.05, 3.63) is 95.8 Å². The Morgan fingerprint density at radius 3 is 2.33 bits per heavy atom. The predicted molar refractivity (Wildman–Crippen MR) is 119 cm³/mol. The lowest BCUT2D eigenvalue weighted by Gasteiger charge is -2.12. The van der Waals surface area contributed by atoms with Crippen LogP contribution in [-0.2, 0) is 11.2 Å². The number of hydrogen-bond acceptors (Lipinski definition) is 5. The average Bonchev–Trinajstić information content (AvgIpc) is 3.24. The molecule has 0 unspecified atom stereocenters. The number of benzene rings is 2. The summed E-state index contributed by atoms with van der Waals surface area (Å²) >= 11 is 1.47. The number of para-hydroxylation sites is 2. The molecule has 0 spiro atoms. The molecule has 0 aliphatic carbocycles. The lowest BCUT2D eigenvalue weighted by atomic mass is 10.2. The van der Waals surface area contributed by atoms with Crippen LogP contribution in [0.2, 0.25) is 0 Å². The molecule has 0 saturated heterocycles. The first kappa shape index (κ1) is 19.5. The number of nitrogens with zero attached hydrogens (tertiary/aromatic N) is 2. The lowest BCUT2D eigenvalue weighted by Crippen LogP contribution is -2.18. The van der Waals surface area contributed by atoms with Gasteiger partial charge >= 0.3 is 0 Å². The summed E-state index contributed by atoms with van der Waals surface area (Å²) in [5.41, 5.74) is 3.22. The van der Waals surface area contributed by atoms with Crippen LogP contribution >= 0.6 is 11.3 Å². The molecule has 30 heavy (non-hydrogen) atoms. The fourth-order valence-corrected chi connectivity index (χ4v) is 3.66. The van der Waals surface area contributed by atoms with E-state index >= 15 is 0 Å². The van der Waals surface area contributed by atoms with E-state index in [1.807, 2.05) is 23.6 Å². The number of carbonyl (C=O) groups is 2. The molecule has 4 rings (SSSR count). The smallest absolute Gasteiger partial charge is 0.255 e. The summed E-state index contributed by atoms with van der Waals surface area (Å²) in [6, 6.07) is 19.8. The van der Waals surface area contributed by atoms with Gasteiger partial charge in [0.1, 0.15) is 5.01 Å². The quantitative estimate of drug-likeness (QED) is 0.481. The molecule has 0 aliphatic heterocycles. The van der Waals surface area contributed by atoms with Crippen molar-refractivity contribution in [2.45, 2.75) is 6.42 Å². The van der Waals surface area contributed by atoms with E-state index in [2.05, 4.69) is 20.6 Å². The van der Waals surface area contributed by atoms with Gasteiger partial charge in [0, 0.05) is 28.9 Å². The first-order chi connectivity index (χ1) is 14.7. The summed E-state index contributed by atoms with van der Waals surface area (Å²) in [7, 11) is 0. The van der Waals surface area contributed by atoms with Crippen LogP contribution in [0.25, 0.3) is 10.6 Å². The van der Waals surface area contributed by atoms with Crippen molar-refractivity contribution in [3.8, 4) is 10.6 Å². The van der Waals surface area contributed by atoms with Gasteiger partial charge in [-0.1, -0.05) is 30.3 Å². The number of anilines is 2. The van der Waals surface area contributed by atoms with Crippen LogP contribution in [0.15, 0.2) is 84.5 Å². The maximum atomic E-state index is 12.6. The molecule has 2 aromatic carbocycles. The Labute approximate surface area is 177 Å². The number of pyridine rings is 1. The van der Waals surface area contributed by atoms with Crippen LogP contribution in [0, 0.1) is 0 Å².